The summed E-state index contributed by atoms with van der Waals surface area (Å²) >= 11 is 0. The van der Waals surface area contributed by atoms with Crippen molar-refractivity contribution < 1.29 is 13.2 Å². The third-order valence-corrected chi connectivity index (χ3v) is 3.45. The van der Waals surface area contributed by atoms with E-state index in [2.05, 4.69) is 6.58 Å². The molecule has 0 atom stereocenters. The van der Waals surface area contributed by atoms with E-state index in [9.17, 15) is 13.2 Å². The lowest BCUT2D eigenvalue weighted by atomic mass is 9.98. The van der Waals surface area contributed by atoms with Gasteiger partial charge in [0.25, 0.3) is 0 Å². The molecule has 19 heavy (non-hydrogen) atoms. The Morgan fingerprint density at radius 3 is 2.68 bits per heavy atom. The van der Waals surface area contributed by atoms with Crippen LogP contribution in [0.2, 0.25) is 0 Å². The normalized spacial score (nSPS) is 14.2. The van der Waals surface area contributed by atoms with Gasteiger partial charge in [-0.15, -0.1) is 6.58 Å². The van der Waals surface area contributed by atoms with Crippen molar-refractivity contribution in [2.75, 3.05) is 0 Å². The first-order valence-corrected chi connectivity index (χ1v) is 6.52. The largest absolute Gasteiger partial charge is 0.413 e. The van der Waals surface area contributed by atoms with Gasteiger partial charge in [0.15, 0.2) is 0 Å². The molecular weight excluding hydrogens is 249 g/mol. The summed E-state index contributed by atoms with van der Waals surface area (Å²) in [4.78, 5) is 0. The molecule has 1 aromatic carbocycles. The zero-order valence-corrected chi connectivity index (χ0v) is 10.8. The number of benzene rings is 1. The van der Waals surface area contributed by atoms with Crippen LogP contribution in [-0.4, -0.2) is 6.18 Å². The summed E-state index contributed by atoms with van der Waals surface area (Å²) in [5, 5.41) is 0. The van der Waals surface area contributed by atoms with E-state index in [0.29, 0.717) is 0 Å². The molecule has 0 aliphatic heterocycles. The fourth-order valence-electron chi connectivity index (χ4n) is 2.44. The van der Waals surface area contributed by atoms with E-state index in [4.69, 9.17) is 0 Å². The summed E-state index contributed by atoms with van der Waals surface area (Å²) < 4.78 is 38.2. The number of rotatable bonds is 5. The maximum absolute atomic E-state index is 12.7. The number of fused-ring (bicyclic) bond motifs is 1. The first kappa shape index (κ1) is 13.9. The van der Waals surface area contributed by atoms with Crippen LogP contribution in [0.25, 0.3) is 6.08 Å². The molecule has 2 rings (SSSR count). The van der Waals surface area contributed by atoms with Crippen LogP contribution >= 0.6 is 0 Å². The molecule has 1 aliphatic carbocycles. The van der Waals surface area contributed by atoms with Gasteiger partial charge in [-0.3, -0.25) is 0 Å². The second-order valence-corrected chi connectivity index (χ2v) is 4.87. The molecule has 0 saturated carbocycles. The van der Waals surface area contributed by atoms with Crippen LogP contribution in [0.3, 0.4) is 0 Å². The highest BCUT2D eigenvalue weighted by atomic mass is 19.4. The Morgan fingerprint density at radius 1 is 1.21 bits per heavy atom. The van der Waals surface area contributed by atoms with Gasteiger partial charge in [-0.25, -0.2) is 0 Å². The quantitative estimate of drug-likeness (QED) is 0.514. The number of aryl methyl sites for hydroxylation is 1. The number of halogens is 3. The van der Waals surface area contributed by atoms with E-state index in [1.807, 2.05) is 18.2 Å². The summed E-state index contributed by atoms with van der Waals surface area (Å²) in [7, 11) is 0. The molecule has 0 saturated heterocycles. The van der Waals surface area contributed by atoms with Crippen molar-refractivity contribution in [1.82, 2.24) is 0 Å². The zero-order chi connectivity index (χ0) is 13.9. The van der Waals surface area contributed by atoms with Gasteiger partial charge in [-0.05, 0) is 48.4 Å². The van der Waals surface area contributed by atoms with E-state index in [1.54, 1.807) is 6.07 Å². The fraction of sp³-hybridized carbons (Fsp3) is 0.375. The van der Waals surface area contributed by atoms with Gasteiger partial charge in [0, 0.05) is 12.0 Å². The minimum Gasteiger partial charge on any atom is -0.166 e. The van der Waals surface area contributed by atoms with Crippen molar-refractivity contribution in [3.63, 3.8) is 0 Å². The molecule has 0 N–H and O–H groups in total. The molecule has 0 nitrogen and oxygen atoms in total. The van der Waals surface area contributed by atoms with E-state index in [1.165, 1.54) is 6.08 Å². The molecule has 1 aromatic rings. The summed E-state index contributed by atoms with van der Waals surface area (Å²) in [5.41, 5.74) is 2.18. The van der Waals surface area contributed by atoms with E-state index < -0.39 is 11.7 Å². The zero-order valence-electron chi connectivity index (χ0n) is 10.8. The SMILES string of the molecule is C=CCCCCc1cccc2c1C=C(C(F)(F)F)C2. The second-order valence-electron chi connectivity index (χ2n) is 4.87. The highest BCUT2D eigenvalue weighted by molar-refractivity contribution is 5.67. The summed E-state index contributed by atoms with van der Waals surface area (Å²) in [5.74, 6) is 0. The lowest BCUT2D eigenvalue weighted by Crippen LogP contribution is -2.11. The predicted octanol–water partition coefficient (Wildman–Crippen LogP) is 5.09. The summed E-state index contributed by atoms with van der Waals surface area (Å²) in [6.45, 7) is 3.67. The minimum absolute atomic E-state index is 0.0132. The smallest absolute Gasteiger partial charge is 0.166 e. The van der Waals surface area contributed by atoms with Gasteiger partial charge in [0.1, 0.15) is 0 Å². The molecule has 0 heterocycles. The standard InChI is InChI=1S/C16H17F3/c1-2-3-4-5-7-12-8-6-9-13-10-14(11-15(12)13)16(17,18)19/h2,6,8-9,11H,1,3-5,7,10H2. The fourth-order valence-corrected chi connectivity index (χ4v) is 2.44. The molecule has 102 valence electrons. The molecule has 0 aromatic heterocycles. The first-order chi connectivity index (χ1) is 9.02. The average Bonchev–Trinajstić information content (AvgIpc) is 2.79. The van der Waals surface area contributed by atoms with Gasteiger partial charge >= 0.3 is 6.18 Å². The van der Waals surface area contributed by atoms with E-state index in [0.717, 1.165) is 42.4 Å². The minimum atomic E-state index is -4.21. The topological polar surface area (TPSA) is 0 Å². The molecule has 0 radical (unpaired) electrons. The maximum atomic E-state index is 12.7. The Labute approximate surface area is 111 Å². The highest BCUT2D eigenvalue weighted by Crippen LogP contribution is 2.37. The lowest BCUT2D eigenvalue weighted by Gasteiger charge is -2.07. The Balaban J connectivity index is 2.14. The monoisotopic (exact) mass is 266 g/mol. The molecule has 0 fully saturated rings. The van der Waals surface area contributed by atoms with Crippen molar-refractivity contribution in [2.45, 2.75) is 38.3 Å². The number of allylic oxidation sites excluding steroid dienone is 2. The Hall–Kier alpha value is -1.51. The van der Waals surface area contributed by atoms with Crippen LogP contribution in [0.4, 0.5) is 13.2 Å². The van der Waals surface area contributed by atoms with Crippen LogP contribution in [0.5, 0.6) is 0 Å². The third kappa shape index (κ3) is 3.28. The number of alkyl halides is 3. The van der Waals surface area contributed by atoms with Crippen LogP contribution < -0.4 is 0 Å². The summed E-state index contributed by atoms with van der Waals surface area (Å²) in [6, 6.07) is 5.58. The Morgan fingerprint density at radius 2 is 2.00 bits per heavy atom. The molecule has 0 bridgehead atoms. The van der Waals surface area contributed by atoms with Crippen molar-refractivity contribution in [2.24, 2.45) is 0 Å². The van der Waals surface area contributed by atoms with E-state index >= 15 is 0 Å². The number of unbranched alkanes of at least 4 members (excludes halogenated alkanes) is 2. The Kier molecular flexibility index (Phi) is 4.13. The van der Waals surface area contributed by atoms with Gasteiger partial charge < -0.3 is 0 Å². The van der Waals surface area contributed by atoms with Crippen molar-refractivity contribution >= 4 is 6.08 Å². The lowest BCUT2D eigenvalue weighted by molar-refractivity contribution is -0.0918. The number of hydrogen-bond donors (Lipinski definition) is 0. The van der Waals surface area contributed by atoms with Crippen LogP contribution in [0.1, 0.15) is 36.0 Å². The second kappa shape index (κ2) is 5.64. The Bertz CT molecular complexity index is 495. The van der Waals surface area contributed by atoms with Crippen LogP contribution in [0.15, 0.2) is 36.4 Å². The first-order valence-electron chi connectivity index (χ1n) is 6.52. The predicted molar refractivity (Wildman–Crippen MR) is 71.9 cm³/mol. The van der Waals surface area contributed by atoms with Crippen molar-refractivity contribution in [3.05, 3.63) is 53.1 Å². The molecule has 1 aliphatic rings. The van der Waals surface area contributed by atoms with Crippen molar-refractivity contribution in [1.29, 1.82) is 0 Å². The maximum Gasteiger partial charge on any atom is 0.413 e. The third-order valence-electron chi connectivity index (χ3n) is 3.45. The van der Waals surface area contributed by atoms with Gasteiger partial charge in [0.2, 0.25) is 0 Å². The number of hydrogen-bond acceptors (Lipinski definition) is 0. The average molecular weight is 266 g/mol. The van der Waals surface area contributed by atoms with E-state index in [-0.39, 0.29) is 6.42 Å². The molecular formula is C16H17F3. The molecule has 0 unspecified atom stereocenters. The van der Waals surface area contributed by atoms with Crippen LogP contribution in [-0.2, 0) is 12.8 Å². The molecule has 3 heteroatoms. The highest BCUT2D eigenvalue weighted by Gasteiger charge is 2.36. The molecule has 0 amide bonds. The van der Waals surface area contributed by atoms with Gasteiger partial charge in [-0.1, -0.05) is 24.3 Å². The molecule has 0 spiro atoms. The van der Waals surface area contributed by atoms with Gasteiger partial charge in [0.05, 0.1) is 0 Å². The van der Waals surface area contributed by atoms with Crippen molar-refractivity contribution in [3.8, 4) is 0 Å². The van der Waals surface area contributed by atoms with Gasteiger partial charge in [-0.2, -0.15) is 13.2 Å². The van der Waals surface area contributed by atoms with Crippen LogP contribution in [0, 0.1) is 0 Å². The summed E-state index contributed by atoms with van der Waals surface area (Å²) in [6.07, 6.45) is 2.80.